The molecule has 2 aromatic rings. The molecule has 2 aliphatic heterocycles. The summed E-state index contributed by atoms with van der Waals surface area (Å²) in [5, 5.41) is -0.458. The van der Waals surface area contributed by atoms with Crippen molar-refractivity contribution in [2.45, 2.75) is 62.2 Å². The number of benzene rings is 1. The summed E-state index contributed by atoms with van der Waals surface area (Å²) in [4.78, 5) is 25.1. The van der Waals surface area contributed by atoms with Crippen LogP contribution in [0, 0.1) is 5.92 Å². The van der Waals surface area contributed by atoms with Crippen molar-refractivity contribution in [3.63, 3.8) is 0 Å². The zero-order chi connectivity index (χ0) is 24.6. The summed E-state index contributed by atoms with van der Waals surface area (Å²) >= 11 is 0. The van der Waals surface area contributed by atoms with E-state index in [1.807, 2.05) is 12.1 Å². The largest absolute Gasteiger partial charge is 0.474 e. The standard InChI is InChI=1S/C25H32N4O5S/c1-17(2)35(31,32)21-5-6-22-19(13-21)7-12-29(22)23-14-24(27-16-26-23)34-20-8-10-28(11-9-20)25(30)33-15-18-3-4-18/h5-6,13-14,16-18,20H,3-4,7-12,15H2,1-2H3. The van der Waals surface area contributed by atoms with Crippen LogP contribution in [0.4, 0.5) is 16.3 Å². The lowest BCUT2D eigenvalue weighted by molar-refractivity contribution is 0.0640. The second-order valence-corrected chi connectivity index (χ2v) is 12.3. The van der Waals surface area contributed by atoms with Gasteiger partial charge in [-0.1, -0.05) is 0 Å². The topological polar surface area (TPSA) is 102 Å². The normalized spacial score (nSPS) is 18.6. The van der Waals surface area contributed by atoms with Gasteiger partial charge in [0.2, 0.25) is 5.88 Å². The summed E-state index contributed by atoms with van der Waals surface area (Å²) in [7, 11) is -3.31. The van der Waals surface area contributed by atoms with Gasteiger partial charge in [-0.2, -0.15) is 0 Å². The van der Waals surface area contributed by atoms with Crippen molar-refractivity contribution in [2.75, 3.05) is 31.1 Å². The molecule has 1 saturated carbocycles. The van der Waals surface area contributed by atoms with E-state index in [0.717, 1.165) is 43.4 Å². The maximum Gasteiger partial charge on any atom is 0.409 e. The van der Waals surface area contributed by atoms with Crippen LogP contribution in [-0.4, -0.2) is 67.0 Å². The van der Waals surface area contributed by atoms with E-state index in [1.54, 1.807) is 30.9 Å². The number of sulfone groups is 1. The predicted octanol–water partition coefficient (Wildman–Crippen LogP) is 3.74. The molecule has 35 heavy (non-hydrogen) atoms. The molecule has 3 heterocycles. The number of piperidine rings is 1. The Morgan fingerprint density at radius 2 is 1.86 bits per heavy atom. The van der Waals surface area contributed by atoms with Crippen LogP contribution >= 0.6 is 0 Å². The summed E-state index contributed by atoms with van der Waals surface area (Å²) in [6.45, 7) is 5.84. The van der Waals surface area contributed by atoms with Crippen LogP contribution in [0.3, 0.4) is 0 Å². The van der Waals surface area contributed by atoms with E-state index in [-0.39, 0.29) is 12.2 Å². The van der Waals surface area contributed by atoms with Crippen molar-refractivity contribution < 1.29 is 22.7 Å². The minimum absolute atomic E-state index is 0.0279. The molecule has 0 spiro atoms. The highest BCUT2D eigenvalue weighted by molar-refractivity contribution is 7.92. The van der Waals surface area contributed by atoms with Crippen molar-refractivity contribution in [1.29, 1.82) is 0 Å². The van der Waals surface area contributed by atoms with Crippen molar-refractivity contribution in [2.24, 2.45) is 5.92 Å². The van der Waals surface area contributed by atoms with Gasteiger partial charge in [0.05, 0.1) is 16.8 Å². The van der Waals surface area contributed by atoms with E-state index in [1.165, 1.54) is 6.33 Å². The highest BCUT2D eigenvalue weighted by atomic mass is 32.2. The van der Waals surface area contributed by atoms with Crippen LogP contribution in [0.25, 0.3) is 0 Å². The van der Waals surface area contributed by atoms with Crippen molar-refractivity contribution >= 4 is 27.4 Å². The number of carbonyl (C=O) groups excluding carboxylic acids is 1. The monoisotopic (exact) mass is 500 g/mol. The van der Waals surface area contributed by atoms with Gasteiger partial charge >= 0.3 is 6.09 Å². The average molecular weight is 501 g/mol. The highest BCUT2D eigenvalue weighted by Crippen LogP contribution is 2.36. The molecule has 10 heteroatoms. The number of rotatable bonds is 7. The smallest absolute Gasteiger partial charge is 0.409 e. The minimum Gasteiger partial charge on any atom is -0.474 e. The second kappa shape index (κ2) is 9.64. The van der Waals surface area contributed by atoms with Gasteiger partial charge in [0.1, 0.15) is 18.2 Å². The molecule has 1 aliphatic carbocycles. The van der Waals surface area contributed by atoms with Gasteiger partial charge in [-0.25, -0.2) is 23.2 Å². The van der Waals surface area contributed by atoms with Crippen LogP contribution in [0.2, 0.25) is 0 Å². The Hall–Kier alpha value is -2.88. The Kier molecular flexibility index (Phi) is 6.57. The SMILES string of the molecule is CC(C)S(=O)(=O)c1ccc2c(c1)CCN2c1cc(OC2CCN(C(=O)OCC3CC3)CC2)ncn1. The Morgan fingerprint density at radius 1 is 1.09 bits per heavy atom. The van der Waals surface area contributed by atoms with Crippen molar-refractivity contribution in [3.05, 3.63) is 36.2 Å². The summed E-state index contributed by atoms with van der Waals surface area (Å²) in [6.07, 6.45) is 5.74. The zero-order valence-electron chi connectivity index (χ0n) is 20.2. The molecule has 0 bridgehead atoms. The molecule has 1 aromatic heterocycles. The number of fused-ring (bicyclic) bond motifs is 1. The zero-order valence-corrected chi connectivity index (χ0v) is 21.0. The third kappa shape index (κ3) is 5.22. The third-order valence-electron chi connectivity index (χ3n) is 6.93. The molecular formula is C25H32N4O5S. The number of aromatic nitrogens is 2. The van der Waals surface area contributed by atoms with Crippen LogP contribution in [0.5, 0.6) is 5.88 Å². The lowest BCUT2D eigenvalue weighted by Crippen LogP contribution is -2.42. The first-order valence-corrected chi connectivity index (χ1v) is 13.9. The van der Waals surface area contributed by atoms with Gasteiger partial charge in [-0.3, -0.25) is 0 Å². The minimum atomic E-state index is -3.31. The first-order valence-electron chi connectivity index (χ1n) is 12.4. The van der Waals surface area contributed by atoms with Crippen LogP contribution in [0.1, 0.15) is 45.1 Å². The lowest BCUT2D eigenvalue weighted by atomic mass is 10.1. The molecule has 3 aliphatic rings. The highest BCUT2D eigenvalue weighted by Gasteiger charge is 2.29. The number of anilines is 2. The van der Waals surface area contributed by atoms with Gasteiger partial charge in [0, 0.05) is 44.2 Å². The summed E-state index contributed by atoms with van der Waals surface area (Å²) in [5.74, 6) is 1.77. The Balaban J connectivity index is 1.21. The van der Waals surface area contributed by atoms with Gasteiger partial charge in [0.15, 0.2) is 9.84 Å². The number of amides is 1. The van der Waals surface area contributed by atoms with Crippen LogP contribution in [0.15, 0.2) is 35.5 Å². The predicted molar refractivity (Wildman–Crippen MR) is 131 cm³/mol. The van der Waals surface area contributed by atoms with E-state index in [2.05, 4.69) is 14.9 Å². The molecule has 1 amide bonds. The molecule has 2 fully saturated rings. The number of nitrogens with zero attached hydrogens (tertiary/aromatic N) is 4. The van der Waals surface area contributed by atoms with Gasteiger partial charge in [-0.05, 0) is 62.8 Å². The first kappa shape index (κ1) is 23.8. The molecule has 1 aromatic carbocycles. The van der Waals surface area contributed by atoms with E-state index in [4.69, 9.17) is 9.47 Å². The van der Waals surface area contributed by atoms with E-state index in [0.29, 0.717) is 48.8 Å². The Morgan fingerprint density at radius 3 is 2.57 bits per heavy atom. The van der Waals surface area contributed by atoms with Gasteiger partial charge < -0.3 is 19.3 Å². The molecular weight excluding hydrogens is 468 g/mol. The van der Waals surface area contributed by atoms with E-state index < -0.39 is 15.1 Å². The first-order chi connectivity index (χ1) is 16.8. The molecule has 0 radical (unpaired) electrons. The fraction of sp³-hybridized carbons (Fsp3) is 0.560. The third-order valence-corrected chi connectivity index (χ3v) is 9.08. The fourth-order valence-electron chi connectivity index (χ4n) is 4.50. The number of hydrogen-bond acceptors (Lipinski definition) is 8. The fourth-order valence-corrected chi connectivity index (χ4v) is 5.61. The Bertz CT molecular complexity index is 1190. The molecule has 0 atom stereocenters. The van der Waals surface area contributed by atoms with Gasteiger partial charge in [-0.15, -0.1) is 0 Å². The summed E-state index contributed by atoms with van der Waals surface area (Å²) < 4.78 is 36.6. The second-order valence-electron chi connectivity index (χ2n) is 9.82. The molecule has 1 saturated heterocycles. The van der Waals surface area contributed by atoms with E-state index >= 15 is 0 Å². The Labute approximate surface area is 206 Å². The number of hydrogen-bond donors (Lipinski definition) is 0. The molecule has 0 N–H and O–H groups in total. The quantitative estimate of drug-likeness (QED) is 0.567. The average Bonchev–Trinajstić information content (AvgIpc) is 3.59. The molecule has 0 unspecified atom stereocenters. The number of likely N-dealkylation sites (tertiary alicyclic amines) is 1. The number of carbonyl (C=O) groups is 1. The summed E-state index contributed by atoms with van der Waals surface area (Å²) in [6, 6.07) is 7.14. The summed E-state index contributed by atoms with van der Waals surface area (Å²) in [5.41, 5.74) is 1.95. The molecule has 188 valence electrons. The van der Waals surface area contributed by atoms with E-state index in [9.17, 15) is 13.2 Å². The van der Waals surface area contributed by atoms with Crippen molar-refractivity contribution in [1.82, 2.24) is 14.9 Å². The number of ether oxygens (including phenoxy) is 2. The maximum atomic E-state index is 12.6. The molecule has 9 nitrogen and oxygen atoms in total. The van der Waals surface area contributed by atoms with Crippen LogP contribution < -0.4 is 9.64 Å². The van der Waals surface area contributed by atoms with Gasteiger partial charge in [0.25, 0.3) is 0 Å². The van der Waals surface area contributed by atoms with Crippen LogP contribution in [-0.2, 0) is 21.0 Å². The lowest BCUT2D eigenvalue weighted by Gasteiger charge is -2.31. The van der Waals surface area contributed by atoms with Crippen molar-refractivity contribution in [3.8, 4) is 5.88 Å². The molecule has 5 rings (SSSR count). The maximum absolute atomic E-state index is 12.6.